The highest BCUT2D eigenvalue weighted by molar-refractivity contribution is 9.10. The molecule has 0 unspecified atom stereocenters. The van der Waals surface area contributed by atoms with E-state index in [-0.39, 0.29) is 5.57 Å². The minimum atomic E-state index is -0.449. The van der Waals surface area contributed by atoms with Crippen LogP contribution in [-0.2, 0) is 11.2 Å². The van der Waals surface area contributed by atoms with Gasteiger partial charge in [-0.3, -0.25) is 4.79 Å². The Morgan fingerprint density at radius 3 is 2.30 bits per heavy atom. The SMILES string of the molecule is CCOc1cc(/C=C(\C#N)C(=O)Nc2ccc(C)cc2)cc(Br)c1Cc1cc(C)cc(C)c1. The van der Waals surface area contributed by atoms with Crippen molar-refractivity contribution in [2.45, 2.75) is 34.1 Å². The summed E-state index contributed by atoms with van der Waals surface area (Å²) in [5, 5.41) is 12.4. The largest absolute Gasteiger partial charge is 0.494 e. The van der Waals surface area contributed by atoms with Gasteiger partial charge in [-0.25, -0.2) is 0 Å². The fourth-order valence-electron chi connectivity index (χ4n) is 3.70. The van der Waals surface area contributed by atoms with E-state index in [4.69, 9.17) is 4.74 Å². The van der Waals surface area contributed by atoms with E-state index in [0.717, 1.165) is 21.3 Å². The standard InChI is InChI=1S/C28H27BrN2O2/c1-5-33-27-16-22(13-23(17-30)28(32)31-24-8-6-18(2)7-9-24)15-26(29)25(27)14-21-11-19(3)10-20(4)12-21/h6-13,15-16H,5,14H2,1-4H3,(H,31,32)/b23-13+. The topological polar surface area (TPSA) is 62.1 Å². The summed E-state index contributed by atoms with van der Waals surface area (Å²) < 4.78 is 6.80. The third-order valence-electron chi connectivity index (χ3n) is 5.12. The second-order valence-electron chi connectivity index (χ2n) is 8.08. The zero-order chi connectivity index (χ0) is 24.0. The lowest BCUT2D eigenvalue weighted by Gasteiger charge is -2.15. The second kappa shape index (κ2) is 11.0. The molecule has 4 nitrogen and oxygen atoms in total. The molecule has 0 spiro atoms. The summed E-state index contributed by atoms with van der Waals surface area (Å²) in [6.45, 7) is 8.61. The maximum absolute atomic E-state index is 12.7. The van der Waals surface area contributed by atoms with Crippen molar-refractivity contribution in [3.63, 3.8) is 0 Å². The number of nitriles is 1. The molecule has 1 amide bonds. The maximum atomic E-state index is 12.7. The number of hydrogen-bond acceptors (Lipinski definition) is 3. The van der Waals surface area contributed by atoms with Gasteiger partial charge in [0.25, 0.3) is 5.91 Å². The highest BCUT2D eigenvalue weighted by Gasteiger charge is 2.14. The maximum Gasteiger partial charge on any atom is 0.266 e. The summed E-state index contributed by atoms with van der Waals surface area (Å²) in [5.41, 5.74) is 7.14. The molecule has 0 radical (unpaired) electrons. The van der Waals surface area contributed by atoms with Gasteiger partial charge in [-0.1, -0.05) is 63.0 Å². The van der Waals surface area contributed by atoms with Gasteiger partial charge in [0, 0.05) is 22.1 Å². The third kappa shape index (κ3) is 6.57. The summed E-state index contributed by atoms with van der Waals surface area (Å²) in [5.74, 6) is 0.281. The highest BCUT2D eigenvalue weighted by Crippen LogP contribution is 2.32. The normalized spacial score (nSPS) is 11.1. The number of amides is 1. The van der Waals surface area contributed by atoms with Crippen molar-refractivity contribution in [1.82, 2.24) is 0 Å². The number of benzene rings is 3. The molecule has 0 aliphatic rings. The van der Waals surface area contributed by atoms with Crippen molar-refractivity contribution < 1.29 is 9.53 Å². The van der Waals surface area contributed by atoms with Gasteiger partial charge in [0.1, 0.15) is 17.4 Å². The first-order chi connectivity index (χ1) is 15.8. The lowest BCUT2D eigenvalue weighted by Crippen LogP contribution is -2.13. The van der Waals surface area contributed by atoms with Crippen LogP contribution in [0.25, 0.3) is 6.08 Å². The van der Waals surface area contributed by atoms with Crippen molar-refractivity contribution in [2.24, 2.45) is 0 Å². The molecule has 0 saturated heterocycles. The molecule has 0 aliphatic carbocycles. The molecule has 33 heavy (non-hydrogen) atoms. The quantitative estimate of drug-likeness (QED) is 0.282. The van der Waals surface area contributed by atoms with Crippen LogP contribution in [0, 0.1) is 32.1 Å². The zero-order valence-corrected chi connectivity index (χ0v) is 20.9. The fraction of sp³-hybridized carbons (Fsp3) is 0.214. The van der Waals surface area contributed by atoms with Crippen LogP contribution < -0.4 is 10.1 Å². The lowest BCUT2D eigenvalue weighted by atomic mass is 9.98. The van der Waals surface area contributed by atoms with Crippen molar-refractivity contribution >= 4 is 33.6 Å². The second-order valence-corrected chi connectivity index (χ2v) is 8.93. The molecule has 3 aromatic rings. The number of nitrogens with one attached hydrogen (secondary N) is 1. The molecule has 0 saturated carbocycles. The molecule has 168 valence electrons. The van der Waals surface area contributed by atoms with Crippen LogP contribution in [0.2, 0.25) is 0 Å². The average Bonchev–Trinajstić information content (AvgIpc) is 2.75. The van der Waals surface area contributed by atoms with Gasteiger partial charge < -0.3 is 10.1 Å². The lowest BCUT2D eigenvalue weighted by molar-refractivity contribution is -0.112. The number of carbonyl (C=O) groups excluding carboxylic acids is 1. The minimum Gasteiger partial charge on any atom is -0.494 e. The Labute approximate surface area is 204 Å². The van der Waals surface area contributed by atoms with Crippen molar-refractivity contribution in [2.75, 3.05) is 11.9 Å². The molecule has 1 N–H and O–H groups in total. The van der Waals surface area contributed by atoms with E-state index < -0.39 is 5.91 Å². The van der Waals surface area contributed by atoms with Crippen LogP contribution in [0.5, 0.6) is 5.75 Å². The van der Waals surface area contributed by atoms with Gasteiger partial charge in [-0.2, -0.15) is 5.26 Å². The predicted molar refractivity (Wildman–Crippen MR) is 137 cm³/mol. The molecule has 0 aromatic heterocycles. The van der Waals surface area contributed by atoms with E-state index in [2.05, 4.69) is 53.3 Å². The smallest absolute Gasteiger partial charge is 0.266 e. The first-order valence-electron chi connectivity index (χ1n) is 10.8. The predicted octanol–water partition coefficient (Wildman–Crippen LogP) is 6.91. The van der Waals surface area contributed by atoms with E-state index >= 15 is 0 Å². The van der Waals surface area contributed by atoms with Crippen molar-refractivity contribution in [1.29, 1.82) is 5.26 Å². The van der Waals surface area contributed by atoms with Gasteiger partial charge in [0.2, 0.25) is 0 Å². The van der Waals surface area contributed by atoms with Crippen LogP contribution in [0.3, 0.4) is 0 Å². The summed E-state index contributed by atoms with van der Waals surface area (Å²) in [7, 11) is 0. The zero-order valence-electron chi connectivity index (χ0n) is 19.3. The van der Waals surface area contributed by atoms with Crippen LogP contribution >= 0.6 is 15.9 Å². The molecule has 3 aromatic carbocycles. The fourth-order valence-corrected chi connectivity index (χ4v) is 4.30. The number of hydrogen-bond donors (Lipinski definition) is 1. The number of ether oxygens (including phenoxy) is 1. The summed E-state index contributed by atoms with van der Waals surface area (Å²) in [6, 6.07) is 19.7. The number of carbonyl (C=O) groups is 1. The molecule has 0 bridgehead atoms. The average molecular weight is 503 g/mol. The Balaban J connectivity index is 1.92. The van der Waals surface area contributed by atoms with E-state index in [1.54, 1.807) is 6.08 Å². The van der Waals surface area contributed by atoms with Gasteiger partial charge in [0.05, 0.1) is 6.61 Å². The summed E-state index contributed by atoms with van der Waals surface area (Å²) >= 11 is 3.68. The van der Waals surface area contributed by atoms with Crippen LogP contribution in [0.4, 0.5) is 5.69 Å². The van der Waals surface area contributed by atoms with E-state index in [0.29, 0.717) is 24.3 Å². The molecule has 5 heteroatoms. The molecule has 3 rings (SSSR count). The Hall–Kier alpha value is -3.36. The molecular weight excluding hydrogens is 476 g/mol. The summed E-state index contributed by atoms with van der Waals surface area (Å²) in [4.78, 5) is 12.7. The molecule has 0 atom stereocenters. The van der Waals surface area contributed by atoms with Crippen LogP contribution in [0.1, 0.15) is 40.3 Å². The highest BCUT2D eigenvalue weighted by atomic mass is 79.9. The van der Waals surface area contributed by atoms with Gasteiger partial charge >= 0.3 is 0 Å². The Bertz CT molecular complexity index is 1220. The Morgan fingerprint density at radius 2 is 1.70 bits per heavy atom. The molecule has 0 fully saturated rings. The molecule has 0 heterocycles. The van der Waals surface area contributed by atoms with Crippen molar-refractivity contribution in [3.8, 4) is 11.8 Å². The van der Waals surface area contributed by atoms with E-state index in [1.807, 2.05) is 56.3 Å². The number of nitrogens with zero attached hydrogens (tertiary/aromatic N) is 1. The first-order valence-corrected chi connectivity index (χ1v) is 11.6. The third-order valence-corrected chi connectivity index (χ3v) is 5.83. The molecular formula is C28H27BrN2O2. The molecule has 0 aliphatic heterocycles. The minimum absolute atomic E-state index is 0.0204. The first kappa shape index (κ1) is 24.3. The van der Waals surface area contributed by atoms with Crippen LogP contribution in [-0.4, -0.2) is 12.5 Å². The van der Waals surface area contributed by atoms with E-state index in [1.165, 1.54) is 16.7 Å². The summed E-state index contributed by atoms with van der Waals surface area (Å²) in [6.07, 6.45) is 2.29. The Kier molecular flexibility index (Phi) is 8.08. The number of aryl methyl sites for hydroxylation is 3. The van der Waals surface area contributed by atoms with Gasteiger partial charge in [-0.05, 0) is 69.2 Å². The number of anilines is 1. The van der Waals surface area contributed by atoms with Gasteiger partial charge in [0.15, 0.2) is 0 Å². The monoisotopic (exact) mass is 502 g/mol. The van der Waals surface area contributed by atoms with E-state index in [9.17, 15) is 10.1 Å². The van der Waals surface area contributed by atoms with Crippen LogP contribution in [0.15, 0.2) is 64.6 Å². The van der Waals surface area contributed by atoms with Gasteiger partial charge in [-0.15, -0.1) is 0 Å². The number of halogens is 1. The number of rotatable bonds is 7. The Morgan fingerprint density at radius 1 is 1.03 bits per heavy atom. The van der Waals surface area contributed by atoms with Crippen molar-refractivity contribution in [3.05, 3.63) is 98.0 Å².